The van der Waals surface area contributed by atoms with E-state index in [4.69, 9.17) is 0 Å². The third-order valence-corrected chi connectivity index (χ3v) is 3.78. The first-order valence-corrected chi connectivity index (χ1v) is 7.17. The van der Waals surface area contributed by atoms with Gasteiger partial charge in [-0.2, -0.15) is 0 Å². The lowest BCUT2D eigenvalue weighted by Crippen LogP contribution is -2.21. The third kappa shape index (κ3) is 2.94. The standard InChI is InChI=1S/C15H20N6/c1-11-8-14(18-10-17-11)21-7-5-12(9-21)13-4-6-16-15(19-13)20(2)3/h4,6,8,10,12H,5,7,9H2,1-3H3. The zero-order chi connectivity index (χ0) is 14.8. The molecule has 0 bridgehead atoms. The van der Waals surface area contributed by atoms with E-state index >= 15 is 0 Å². The fourth-order valence-corrected chi connectivity index (χ4v) is 2.63. The lowest BCUT2D eigenvalue weighted by atomic mass is 10.1. The Morgan fingerprint density at radius 1 is 1.24 bits per heavy atom. The number of hydrogen-bond acceptors (Lipinski definition) is 6. The summed E-state index contributed by atoms with van der Waals surface area (Å²) in [6.07, 6.45) is 4.56. The smallest absolute Gasteiger partial charge is 0.224 e. The Kier molecular flexibility index (Phi) is 3.68. The molecular weight excluding hydrogens is 264 g/mol. The van der Waals surface area contributed by atoms with Gasteiger partial charge in [0.25, 0.3) is 0 Å². The topological polar surface area (TPSA) is 58.0 Å². The molecule has 1 aliphatic heterocycles. The minimum Gasteiger partial charge on any atom is -0.356 e. The van der Waals surface area contributed by atoms with Crippen LogP contribution < -0.4 is 9.80 Å². The fraction of sp³-hybridized carbons (Fsp3) is 0.467. The van der Waals surface area contributed by atoms with Gasteiger partial charge in [-0.3, -0.25) is 0 Å². The average molecular weight is 284 g/mol. The molecule has 21 heavy (non-hydrogen) atoms. The van der Waals surface area contributed by atoms with Crippen LogP contribution in [0, 0.1) is 6.92 Å². The Bertz CT molecular complexity index is 627. The highest BCUT2D eigenvalue weighted by atomic mass is 15.2. The summed E-state index contributed by atoms with van der Waals surface area (Å²) in [5.41, 5.74) is 2.11. The summed E-state index contributed by atoms with van der Waals surface area (Å²) in [6, 6.07) is 4.06. The van der Waals surface area contributed by atoms with Gasteiger partial charge in [-0.05, 0) is 19.4 Å². The summed E-state index contributed by atoms with van der Waals surface area (Å²) in [6.45, 7) is 3.94. The van der Waals surface area contributed by atoms with E-state index in [1.54, 1.807) is 6.33 Å². The normalized spacial score (nSPS) is 18.0. The quantitative estimate of drug-likeness (QED) is 0.854. The summed E-state index contributed by atoms with van der Waals surface area (Å²) in [4.78, 5) is 21.7. The molecule has 6 nitrogen and oxygen atoms in total. The summed E-state index contributed by atoms with van der Waals surface area (Å²) in [7, 11) is 3.92. The SMILES string of the molecule is Cc1cc(N2CCC(c3ccnc(N(C)C)n3)C2)ncn1. The molecule has 110 valence electrons. The van der Waals surface area contributed by atoms with Crippen molar-refractivity contribution < 1.29 is 0 Å². The van der Waals surface area contributed by atoms with Crippen molar-refractivity contribution in [2.75, 3.05) is 37.0 Å². The lowest BCUT2D eigenvalue weighted by molar-refractivity contribution is 0.736. The van der Waals surface area contributed by atoms with E-state index in [1.807, 2.05) is 44.2 Å². The molecule has 1 fully saturated rings. The maximum Gasteiger partial charge on any atom is 0.224 e. The van der Waals surface area contributed by atoms with E-state index in [1.165, 1.54) is 0 Å². The predicted molar refractivity (Wildman–Crippen MR) is 82.7 cm³/mol. The van der Waals surface area contributed by atoms with Crippen LogP contribution in [-0.4, -0.2) is 47.1 Å². The average Bonchev–Trinajstić information content (AvgIpc) is 2.97. The highest BCUT2D eigenvalue weighted by molar-refractivity contribution is 5.41. The van der Waals surface area contributed by atoms with Crippen LogP contribution in [0.2, 0.25) is 0 Å². The van der Waals surface area contributed by atoms with Crippen LogP contribution in [0.4, 0.5) is 11.8 Å². The van der Waals surface area contributed by atoms with Crippen LogP contribution in [0.25, 0.3) is 0 Å². The Balaban J connectivity index is 1.76. The van der Waals surface area contributed by atoms with Crippen molar-refractivity contribution in [3.05, 3.63) is 36.0 Å². The Morgan fingerprint density at radius 3 is 2.86 bits per heavy atom. The van der Waals surface area contributed by atoms with Crippen molar-refractivity contribution in [2.45, 2.75) is 19.3 Å². The highest BCUT2D eigenvalue weighted by Crippen LogP contribution is 2.29. The van der Waals surface area contributed by atoms with Gasteiger partial charge in [0.2, 0.25) is 5.95 Å². The molecule has 0 saturated carbocycles. The molecule has 0 aliphatic carbocycles. The molecule has 0 spiro atoms. The highest BCUT2D eigenvalue weighted by Gasteiger charge is 2.26. The van der Waals surface area contributed by atoms with E-state index in [0.29, 0.717) is 5.92 Å². The first-order chi connectivity index (χ1) is 10.1. The zero-order valence-corrected chi connectivity index (χ0v) is 12.7. The van der Waals surface area contributed by atoms with Crippen molar-refractivity contribution in [3.8, 4) is 0 Å². The van der Waals surface area contributed by atoms with Crippen molar-refractivity contribution >= 4 is 11.8 Å². The van der Waals surface area contributed by atoms with E-state index in [0.717, 1.165) is 42.7 Å². The number of anilines is 2. The monoisotopic (exact) mass is 284 g/mol. The van der Waals surface area contributed by atoms with Crippen LogP contribution in [0.15, 0.2) is 24.7 Å². The maximum atomic E-state index is 4.66. The molecule has 2 aromatic heterocycles. The van der Waals surface area contributed by atoms with E-state index in [9.17, 15) is 0 Å². The van der Waals surface area contributed by atoms with Crippen LogP contribution in [0.5, 0.6) is 0 Å². The molecule has 3 heterocycles. The minimum absolute atomic E-state index is 0.432. The molecule has 1 aliphatic rings. The van der Waals surface area contributed by atoms with Gasteiger partial charge < -0.3 is 9.80 Å². The van der Waals surface area contributed by atoms with E-state index in [2.05, 4.69) is 24.8 Å². The van der Waals surface area contributed by atoms with Crippen molar-refractivity contribution in [1.29, 1.82) is 0 Å². The molecule has 6 heteroatoms. The van der Waals surface area contributed by atoms with E-state index < -0.39 is 0 Å². The van der Waals surface area contributed by atoms with Gasteiger partial charge in [0.15, 0.2) is 0 Å². The summed E-state index contributed by atoms with van der Waals surface area (Å²) in [5, 5.41) is 0. The largest absolute Gasteiger partial charge is 0.356 e. The molecule has 3 rings (SSSR count). The van der Waals surface area contributed by atoms with Gasteiger partial charge >= 0.3 is 0 Å². The first kappa shape index (κ1) is 13.7. The van der Waals surface area contributed by atoms with Gasteiger partial charge in [-0.25, -0.2) is 19.9 Å². The maximum absolute atomic E-state index is 4.66. The predicted octanol–water partition coefficient (Wildman–Crippen LogP) is 1.63. The van der Waals surface area contributed by atoms with Crippen LogP contribution in [-0.2, 0) is 0 Å². The molecule has 0 radical (unpaired) electrons. The number of rotatable bonds is 3. The number of aryl methyl sites for hydroxylation is 1. The molecule has 2 aromatic rings. The minimum atomic E-state index is 0.432. The number of aromatic nitrogens is 4. The second kappa shape index (κ2) is 5.63. The lowest BCUT2D eigenvalue weighted by Gasteiger charge is -2.18. The van der Waals surface area contributed by atoms with Crippen molar-refractivity contribution in [3.63, 3.8) is 0 Å². The summed E-state index contributed by atoms with van der Waals surface area (Å²) < 4.78 is 0. The fourth-order valence-electron chi connectivity index (χ4n) is 2.63. The van der Waals surface area contributed by atoms with Gasteiger partial charge in [-0.15, -0.1) is 0 Å². The second-order valence-corrected chi connectivity index (χ2v) is 5.63. The molecule has 1 saturated heterocycles. The molecule has 1 atom stereocenters. The molecule has 0 aromatic carbocycles. The Morgan fingerprint density at radius 2 is 2.10 bits per heavy atom. The Labute approximate surface area is 124 Å². The van der Waals surface area contributed by atoms with E-state index in [-0.39, 0.29) is 0 Å². The first-order valence-electron chi connectivity index (χ1n) is 7.17. The molecule has 0 amide bonds. The zero-order valence-electron chi connectivity index (χ0n) is 12.7. The van der Waals surface area contributed by atoms with Crippen molar-refractivity contribution in [1.82, 2.24) is 19.9 Å². The summed E-state index contributed by atoms with van der Waals surface area (Å²) >= 11 is 0. The molecular formula is C15H20N6. The second-order valence-electron chi connectivity index (χ2n) is 5.63. The number of nitrogens with zero attached hydrogens (tertiary/aromatic N) is 6. The van der Waals surface area contributed by atoms with Gasteiger partial charge in [0.05, 0.1) is 5.69 Å². The Hall–Kier alpha value is -2.24. The van der Waals surface area contributed by atoms with Crippen LogP contribution in [0.3, 0.4) is 0 Å². The van der Waals surface area contributed by atoms with Gasteiger partial charge in [0.1, 0.15) is 12.1 Å². The van der Waals surface area contributed by atoms with Crippen molar-refractivity contribution in [2.24, 2.45) is 0 Å². The third-order valence-electron chi connectivity index (χ3n) is 3.78. The molecule has 0 N–H and O–H groups in total. The molecule has 1 unspecified atom stereocenters. The van der Waals surface area contributed by atoms with Gasteiger partial charge in [-0.1, -0.05) is 0 Å². The summed E-state index contributed by atoms with van der Waals surface area (Å²) in [5.74, 6) is 2.21. The van der Waals surface area contributed by atoms with Crippen LogP contribution >= 0.6 is 0 Å². The van der Waals surface area contributed by atoms with Crippen LogP contribution in [0.1, 0.15) is 23.7 Å². The number of hydrogen-bond donors (Lipinski definition) is 0. The van der Waals surface area contributed by atoms with Gasteiger partial charge in [0, 0.05) is 51.1 Å².